The number of nitrogens with one attached hydrogen (secondary N) is 2. The molecule has 1 aliphatic rings. The highest BCUT2D eigenvalue weighted by Crippen LogP contribution is 2.15. The van der Waals surface area contributed by atoms with Crippen molar-refractivity contribution in [3.63, 3.8) is 0 Å². The number of hydrogen-bond acceptors (Lipinski definition) is 8. The van der Waals surface area contributed by atoms with Crippen LogP contribution in [0.5, 0.6) is 0 Å². The van der Waals surface area contributed by atoms with Crippen LogP contribution in [0.3, 0.4) is 0 Å². The first-order valence-electron chi connectivity index (χ1n) is 6.42. The zero-order chi connectivity index (χ0) is 14.5. The van der Waals surface area contributed by atoms with Crippen LogP contribution in [0.4, 0.5) is 17.8 Å². The van der Waals surface area contributed by atoms with Crippen molar-refractivity contribution in [3.05, 3.63) is 0 Å². The number of carbonyl (C=O) groups excluding carboxylic acids is 1. The maximum Gasteiger partial charge on any atom is 0.239 e. The van der Waals surface area contributed by atoms with E-state index in [1.54, 1.807) is 14.0 Å². The van der Waals surface area contributed by atoms with E-state index in [1.807, 2.05) is 4.90 Å². The average Bonchev–Trinajstić information content (AvgIpc) is 2.47. The fraction of sp³-hybridized carbons (Fsp3) is 0.636. The lowest BCUT2D eigenvalue weighted by molar-refractivity contribution is -0.118. The van der Waals surface area contributed by atoms with Crippen LogP contribution < -0.4 is 21.3 Å². The highest BCUT2D eigenvalue weighted by molar-refractivity contribution is 5.81. The quantitative estimate of drug-likeness (QED) is 0.631. The Balaban J connectivity index is 2.21. The van der Waals surface area contributed by atoms with Crippen molar-refractivity contribution in [1.82, 2.24) is 15.0 Å². The van der Waals surface area contributed by atoms with Crippen LogP contribution in [0.1, 0.15) is 6.92 Å². The van der Waals surface area contributed by atoms with Gasteiger partial charge in [0, 0.05) is 20.1 Å². The number of ether oxygens (including phenoxy) is 1. The summed E-state index contributed by atoms with van der Waals surface area (Å²) in [6.07, 6.45) is 0. The van der Waals surface area contributed by atoms with Crippen LogP contribution in [0.15, 0.2) is 0 Å². The van der Waals surface area contributed by atoms with E-state index in [0.717, 1.165) is 13.1 Å². The standard InChI is InChI=1S/C11H19N7O2/c1-7(8(12)19)14-10-15-9(13-2)16-11(17-10)18-3-5-20-6-4-18/h7H,3-6H2,1-2H3,(H2,12,19)(H2,13,14,15,16,17). The zero-order valence-corrected chi connectivity index (χ0v) is 11.6. The Bertz CT molecular complexity index is 476. The molecule has 110 valence electrons. The minimum Gasteiger partial charge on any atom is -0.378 e. The number of carbonyl (C=O) groups is 1. The van der Waals surface area contributed by atoms with Crippen molar-refractivity contribution in [2.75, 3.05) is 48.9 Å². The lowest BCUT2D eigenvalue weighted by Gasteiger charge is -2.27. The Morgan fingerprint density at radius 2 is 1.95 bits per heavy atom. The molecular formula is C11H19N7O2. The van der Waals surface area contributed by atoms with Crippen molar-refractivity contribution in [1.29, 1.82) is 0 Å². The Morgan fingerprint density at radius 3 is 2.55 bits per heavy atom. The lowest BCUT2D eigenvalue weighted by atomic mass is 10.3. The lowest BCUT2D eigenvalue weighted by Crippen LogP contribution is -2.38. The average molecular weight is 281 g/mol. The van der Waals surface area contributed by atoms with Gasteiger partial charge >= 0.3 is 0 Å². The minimum atomic E-state index is -0.556. The van der Waals surface area contributed by atoms with Crippen molar-refractivity contribution in [2.45, 2.75) is 13.0 Å². The van der Waals surface area contributed by atoms with Gasteiger partial charge in [0.05, 0.1) is 13.2 Å². The molecule has 0 radical (unpaired) electrons. The number of aromatic nitrogens is 3. The monoisotopic (exact) mass is 281 g/mol. The van der Waals surface area contributed by atoms with Gasteiger partial charge in [0.25, 0.3) is 0 Å². The van der Waals surface area contributed by atoms with Crippen LogP contribution in [0.2, 0.25) is 0 Å². The maximum atomic E-state index is 11.1. The van der Waals surface area contributed by atoms with Gasteiger partial charge in [-0.1, -0.05) is 0 Å². The van der Waals surface area contributed by atoms with Crippen LogP contribution in [-0.4, -0.2) is 60.3 Å². The third-order valence-electron chi connectivity index (χ3n) is 2.91. The molecule has 1 saturated heterocycles. The molecule has 0 saturated carbocycles. The third kappa shape index (κ3) is 3.44. The van der Waals surface area contributed by atoms with E-state index < -0.39 is 11.9 Å². The largest absolute Gasteiger partial charge is 0.378 e. The summed E-state index contributed by atoms with van der Waals surface area (Å²) in [5.41, 5.74) is 5.22. The topological polar surface area (TPSA) is 118 Å². The normalized spacial score (nSPS) is 16.6. The number of primary amides is 1. The van der Waals surface area contributed by atoms with Crippen LogP contribution in [-0.2, 0) is 9.53 Å². The Labute approximate surface area is 116 Å². The van der Waals surface area contributed by atoms with Crippen molar-refractivity contribution < 1.29 is 9.53 Å². The summed E-state index contributed by atoms with van der Waals surface area (Å²) < 4.78 is 5.30. The summed E-state index contributed by atoms with van der Waals surface area (Å²) in [5.74, 6) is 0.828. The van der Waals surface area contributed by atoms with E-state index >= 15 is 0 Å². The predicted octanol–water partition coefficient (Wildman–Crippen LogP) is -0.964. The van der Waals surface area contributed by atoms with E-state index in [1.165, 1.54) is 0 Å². The summed E-state index contributed by atoms with van der Waals surface area (Å²) in [4.78, 5) is 25.9. The van der Waals surface area contributed by atoms with E-state index in [2.05, 4.69) is 25.6 Å². The number of nitrogens with zero attached hydrogens (tertiary/aromatic N) is 4. The van der Waals surface area contributed by atoms with Crippen LogP contribution in [0, 0.1) is 0 Å². The van der Waals surface area contributed by atoms with Gasteiger partial charge in [0.2, 0.25) is 23.8 Å². The smallest absolute Gasteiger partial charge is 0.239 e. The maximum absolute atomic E-state index is 11.1. The molecule has 9 nitrogen and oxygen atoms in total. The molecule has 1 fully saturated rings. The predicted molar refractivity (Wildman–Crippen MR) is 74.7 cm³/mol. The first-order chi connectivity index (χ1) is 9.60. The van der Waals surface area contributed by atoms with Gasteiger partial charge in [0.15, 0.2) is 0 Å². The van der Waals surface area contributed by atoms with E-state index in [9.17, 15) is 4.79 Å². The molecule has 1 amide bonds. The van der Waals surface area contributed by atoms with Gasteiger partial charge in [-0.3, -0.25) is 4.79 Å². The van der Waals surface area contributed by atoms with Crippen molar-refractivity contribution in [3.8, 4) is 0 Å². The summed E-state index contributed by atoms with van der Waals surface area (Å²) in [5, 5.41) is 5.73. The second-order valence-electron chi connectivity index (χ2n) is 4.40. The van der Waals surface area contributed by atoms with Crippen molar-refractivity contribution in [2.24, 2.45) is 5.73 Å². The summed E-state index contributed by atoms with van der Waals surface area (Å²) in [6, 6.07) is -0.556. The molecule has 2 heterocycles. The van der Waals surface area contributed by atoms with Crippen molar-refractivity contribution >= 4 is 23.8 Å². The molecule has 4 N–H and O–H groups in total. The number of nitrogens with two attached hydrogens (primary N) is 1. The molecule has 9 heteroatoms. The number of morpholine rings is 1. The molecule has 1 aromatic rings. The fourth-order valence-electron chi connectivity index (χ4n) is 1.71. The van der Waals surface area contributed by atoms with Gasteiger partial charge in [-0.05, 0) is 6.92 Å². The molecule has 0 bridgehead atoms. The number of rotatable bonds is 5. The highest BCUT2D eigenvalue weighted by atomic mass is 16.5. The first kappa shape index (κ1) is 14.3. The van der Waals surface area contributed by atoms with Gasteiger partial charge in [-0.2, -0.15) is 15.0 Å². The Hall–Kier alpha value is -2.16. The summed E-state index contributed by atoms with van der Waals surface area (Å²) in [6.45, 7) is 4.37. The molecule has 0 aromatic carbocycles. The molecule has 0 aliphatic carbocycles. The van der Waals surface area contributed by atoms with Gasteiger partial charge < -0.3 is 26.0 Å². The van der Waals surface area contributed by atoms with Crippen LogP contribution >= 0.6 is 0 Å². The number of hydrogen-bond donors (Lipinski definition) is 3. The Kier molecular flexibility index (Phi) is 4.51. The van der Waals surface area contributed by atoms with E-state index in [0.29, 0.717) is 31.1 Å². The molecule has 1 aliphatic heterocycles. The first-order valence-corrected chi connectivity index (χ1v) is 6.42. The molecule has 20 heavy (non-hydrogen) atoms. The minimum absolute atomic E-state index is 0.317. The molecular weight excluding hydrogens is 262 g/mol. The highest BCUT2D eigenvalue weighted by Gasteiger charge is 2.17. The van der Waals surface area contributed by atoms with Crippen LogP contribution in [0.25, 0.3) is 0 Å². The second kappa shape index (κ2) is 6.33. The fourth-order valence-corrected chi connectivity index (χ4v) is 1.71. The number of anilines is 3. The second-order valence-corrected chi connectivity index (χ2v) is 4.40. The Morgan fingerprint density at radius 1 is 1.30 bits per heavy atom. The van der Waals surface area contributed by atoms with E-state index in [4.69, 9.17) is 10.5 Å². The van der Waals surface area contributed by atoms with E-state index in [-0.39, 0.29) is 0 Å². The summed E-state index contributed by atoms with van der Waals surface area (Å²) in [7, 11) is 1.72. The number of amides is 1. The molecule has 1 atom stereocenters. The SMILES string of the molecule is CNc1nc(NC(C)C(N)=O)nc(N2CCOCC2)n1. The molecule has 1 aromatic heterocycles. The third-order valence-corrected chi connectivity index (χ3v) is 2.91. The zero-order valence-electron chi connectivity index (χ0n) is 11.6. The summed E-state index contributed by atoms with van der Waals surface area (Å²) >= 11 is 0. The van der Waals surface area contributed by atoms with Gasteiger partial charge in [-0.15, -0.1) is 0 Å². The molecule has 1 unspecified atom stereocenters. The molecule has 2 rings (SSSR count). The van der Waals surface area contributed by atoms with Gasteiger partial charge in [-0.25, -0.2) is 0 Å². The van der Waals surface area contributed by atoms with Gasteiger partial charge in [0.1, 0.15) is 6.04 Å². The molecule has 0 spiro atoms.